The van der Waals surface area contributed by atoms with Crippen LogP contribution in [-0.4, -0.2) is 83.7 Å². The molecule has 4 amide bonds. The number of piperazine rings is 1. The summed E-state index contributed by atoms with van der Waals surface area (Å²) in [6.07, 6.45) is 0.227. The van der Waals surface area contributed by atoms with Gasteiger partial charge in [0, 0.05) is 39.1 Å². The third-order valence-corrected chi connectivity index (χ3v) is 5.00. The molecule has 2 aliphatic heterocycles. The number of fused-ring (bicyclic) bond motifs is 1. The Bertz CT molecular complexity index is 742. The Morgan fingerprint density at radius 2 is 1.54 bits per heavy atom. The molecule has 150 valence electrons. The highest BCUT2D eigenvalue weighted by Gasteiger charge is 2.34. The number of ether oxygens (including phenoxy) is 1. The molecule has 0 atom stereocenters. The summed E-state index contributed by atoms with van der Waals surface area (Å²) in [5.41, 5.74) is 0.826. The summed E-state index contributed by atoms with van der Waals surface area (Å²) in [6, 6.07) is 6.72. The zero-order valence-electron chi connectivity index (χ0n) is 15.4. The summed E-state index contributed by atoms with van der Waals surface area (Å²) in [7, 11) is 0. The third-order valence-electron chi connectivity index (χ3n) is 4.84. The second kappa shape index (κ2) is 9.05. The first kappa shape index (κ1) is 20.1. The first-order valence-corrected chi connectivity index (χ1v) is 9.77. The maximum atomic E-state index is 12.4. The van der Waals surface area contributed by atoms with E-state index in [1.54, 1.807) is 34.1 Å². The Morgan fingerprint density at radius 1 is 0.964 bits per heavy atom. The van der Waals surface area contributed by atoms with E-state index >= 15 is 0 Å². The van der Waals surface area contributed by atoms with Crippen molar-refractivity contribution in [2.75, 3.05) is 45.2 Å². The molecule has 0 spiro atoms. The molecule has 2 heterocycles. The van der Waals surface area contributed by atoms with Crippen LogP contribution >= 0.6 is 11.6 Å². The van der Waals surface area contributed by atoms with Crippen LogP contribution in [-0.2, 0) is 9.53 Å². The van der Waals surface area contributed by atoms with E-state index in [9.17, 15) is 19.2 Å². The molecule has 1 aromatic carbocycles. The number of halogens is 1. The van der Waals surface area contributed by atoms with E-state index in [2.05, 4.69) is 0 Å². The smallest absolute Gasteiger partial charge is 0.409 e. The topological polar surface area (TPSA) is 87.2 Å². The highest BCUT2D eigenvalue weighted by atomic mass is 35.5. The van der Waals surface area contributed by atoms with E-state index in [0.717, 1.165) is 0 Å². The summed E-state index contributed by atoms with van der Waals surface area (Å²) >= 11 is 5.50. The molecular formula is C19H22ClN3O5. The molecule has 28 heavy (non-hydrogen) atoms. The van der Waals surface area contributed by atoms with Crippen molar-refractivity contribution in [3.63, 3.8) is 0 Å². The number of benzene rings is 1. The minimum Gasteiger partial charge on any atom is -0.448 e. The van der Waals surface area contributed by atoms with Crippen molar-refractivity contribution in [1.29, 1.82) is 0 Å². The van der Waals surface area contributed by atoms with Crippen LogP contribution in [0, 0.1) is 0 Å². The number of nitrogens with zero attached hydrogens (tertiary/aromatic N) is 3. The molecule has 2 aliphatic rings. The highest BCUT2D eigenvalue weighted by Crippen LogP contribution is 2.22. The standard InChI is InChI=1S/C19H22ClN3O5/c20-7-13-28-19(27)22-11-9-21(10-12-22)16(24)6-3-8-23-17(25)14-4-1-2-5-15(14)18(23)26/h1-2,4-5H,3,6-13H2. The van der Waals surface area contributed by atoms with E-state index in [1.165, 1.54) is 4.90 Å². The fraction of sp³-hybridized carbons (Fsp3) is 0.474. The number of hydrogen-bond acceptors (Lipinski definition) is 5. The summed E-state index contributed by atoms with van der Waals surface area (Å²) in [5, 5.41) is 0. The Hall–Kier alpha value is -2.61. The summed E-state index contributed by atoms with van der Waals surface area (Å²) in [5.74, 6) is -0.420. The second-order valence-corrected chi connectivity index (χ2v) is 6.96. The molecule has 1 fully saturated rings. The Morgan fingerprint density at radius 3 is 2.11 bits per heavy atom. The van der Waals surface area contributed by atoms with Gasteiger partial charge in [-0.2, -0.15) is 0 Å². The van der Waals surface area contributed by atoms with Crippen LogP contribution in [0.3, 0.4) is 0 Å². The normalized spacial score (nSPS) is 16.4. The van der Waals surface area contributed by atoms with Gasteiger partial charge in [-0.05, 0) is 18.6 Å². The maximum absolute atomic E-state index is 12.4. The molecule has 8 nitrogen and oxygen atoms in total. The van der Waals surface area contributed by atoms with E-state index in [-0.39, 0.29) is 43.2 Å². The van der Waals surface area contributed by atoms with E-state index in [0.29, 0.717) is 43.7 Å². The van der Waals surface area contributed by atoms with Crippen molar-refractivity contribution in [2.45, 2.75) is 12.8 Å². The lowest BCUT2D eigenvalue weighted by molar-refractivity contribution is -0.132. The SMILES string of the molecule is O=C(CCCN1C(=O)c2ccccc2C1=O)N1CCN(C(=O)OCCCl)CC1. The lowest BCUT2D eigenvalue weighted by Crippen LogP contribution is -2.50. The molecule has 0 aromatic heterocycles. The lowest BCUT2D eigenvalue weighted by atomic mass is 10.1. The summed E-state index contributed by atoms with van der Waals surface area (Å²) in [6.45, 7) is 2.06. The summed E-state index contributed by atoms with van der Waals surface area (Å²) < 4.78 is 4.98. The maximum Gasteiger partial charge on any atom is 0.409 e. The first-order chi connectivity index (χ1) is 13.5. The number of alkyl halides is 1. The predicted molar refractivity (Wildman–Crippen MR) is 101 cm³/mol. The average Bonchev–Trinajstić information content (AvgIpc) is 2.97. The molecule has 9 heteroatoms. The van der Waals surface area contributed by atoms with Crippen molar-refractivity contribution in [1.82, 2.24) is 14.7 Å². The fourth-order valence-corrected chi connectivity index (χ4v) is 3.42. The van der Waals surface area contributed by atoms with Gasteiger partial charge in [-0.25, -0.2) is 4.79 Å². The van der Waals surface area contributed by atoms with Crippen molar-refractivity contribution < 1.29 is 23.9 Å². The zero-order valence-corrected chi connectivity index (χ0v) is 16.2. The third kappa shape index (κ3) is 4.27. The van der Waals surface area contributed by atoms with E-state index in [1.807, 2.05) is 0 Å². The number of hydrogen-bond donors (Lipinski definition) is 0. The van der Waals surface area contributed by atoms with Crippen LogP contribution in [0.4, 0.5) is 4.79 Å². The quantitative estimate of drug-likeness (QED) is 0.527. The Labute approximate surface area is 168 Å². The van der Waals surface area contributed by atoms with Gasteiger partial charge in [0.1, 0.15) is 6.61 Å². The van der Waals surface area contributed by atoms with E-state index < -0.39 is 6.09 Å². The molecule has 1 aromatic rings. The van der Waals surface area contributed by atoms with Crippen molar-refractivity contribution in [3.05, 3.63) is 35.4 Å². The number of carbonyl (C=O) groups excluding carboxylic acids is 4. The van der Waals surface area contributed by atoms with Gasteiger partial charge < -0.3 is 14.5 Å². The van der Waals surface area contributed by atoms with Crippen LogP contribution in [0.15, 0.2) is 24.3 Å². The molecule has 0 unspecified atom stereocenters. The van der Waals surface area contributed by atoms with Crippen molar-refractivity contribution >= 4 is 35.4 Å². The number of rotatable bonds is 6. The monoisotopic (exact) mass is 407 g/mol. The van der Waals surface area contributed by atoms with Crippen molar-refractivity contribution in [3.8, 4) is 0 Å². The number of amides is 4. The Kier molecular flexibility index (Phi) is 6.51. The Balaban J connectivity index is 1.42. The minimum atomic E-state index is -0.418. The predicted octanol–water partition coefficient (Wildman–Crippen LogP) is 1.58. The zero-order chi connectivity index (χ0) is 20.1. The van der Waals surface area contributed by atoms with Crippen molar-refractivity contribution in [2.24, 2.45) is 0 Å². The van der Waals surface area contributed by atoms with Gasteiger partial charge in [-0.15, -0.1) is 11.6 Å². The minimum absolute atomic E-state index is 0.0506. The molecule has 1 saturated heterocycles. The van der Waals surface area contributed by atoms with Gasteiger partial charge in [0.15, 0.2) is 0 Å². The van der Waals surface area contributed by atoms with Crippen LogP contribution < -0.4 is 0 Å². The fourth-order valence-electron chi connectivity index (χ4n) is 3.34. The van der Waals surface area contributed by atoms with Crippen LogP contribution in [0.1, 0.15) is 33.6 Å². The molecule has 3 rings (SSSR count). The molecule has 0 aliphatic carbocycles. The van der Waals surface area contributed by atoms with Crippen LogP contribution in [0.5, 0.6) is 0 Å². The van der Waals surface area contributed by atoms with Gasteiger partial charge in [0.05, 0.1) is 17.0 Å². The first-order valence-electron chi connectivity index (χ1n) is 9.23. The molecule has 0 bridgehead atoms. The molecule has 0 saturated carbocycles. The van der Waals surface area contributed by atoms with Gasteiger partial charge in [0.25, 0.3) is 11.8 Å². The van der Waals surface area contributed by atoms with Crippen LogP contribution in [0.2, 0.25) is 0 Å². The molecular weight excluding hydrogens is 386 g/mol. The van der Waals surface area contributed by atoms with E-state index in [4.69, 9.17) is 16.3 Å². The average molecular weight is 408 g/mol. The number of carbonyl (C=O) groups is 4. The largest absolute Gasteiger partial charge is 0.448 e. The molecule has 0 radical (unpaired) electrons. The van der Waals surface area contributed by atoms with Gasteiger partial charge in [-0.1, -0.05) is 12.1 Å². The number of imide groups is 1. The second-order valence-electron chi connectivity index (χ2n) is 6.58. The van der Waals surface area contributed by atoms with Gasteiger partial charge in [0.2, 0.25) is 5.91 Å². The highest BCUT2D eigenvalue weighted by molar-refractivity contribution is 6.21. The van der Waals surface area contributed by atoms with Gasteiger partial charge in [-0.3, -0.25) is 19.3 Å². The van der Waals surface area contributed by atoms with Gasteiger partial charge >= 0.3 is 6.09 Å². The lowest BCUT2D eigenvalue weighted by Gasteiger charge is -2.34. The van der Waals surface area contributed by atoms with Crippen LogP contribution in [0.25, 0.3) is 0 Å². The summed E-state index contributed by atoms with van der Waals surface area (Å²) in [4.78, 5) is 53.2. The molecule has 0 N–H and O–H groups in total.